The minimum atomic E-state index is -0.845. The predicted octanol–water partition coefficient (Wildman–Crippen LogP) is 9.05. The van der Waals surface area contributed by atoms with Crippen LogP contribution in [0.3, 0.4) is 0 Å². The Morgan fingerprint density at radius 2 is 1.50 bits per heavy atom. The fraction of sp³-hybridized carbons (Fsp3) is 0.400. The second-order valence-corrected chi connectivity index (χ2v) is 9.33. The molecule has 34 heavy (non-hydrogen) atoms. The molecule has 0 amide bonds. The molecule has 0 aliphatic carbocycles. The molecule has 0 radical (unpaired) electrons. The minimum absolute atomic E-state index is 0.0580. The minimum Gasteiger partial charge on any atom is -0.373 e. The van der Waals surface area contributed by atoms with Gasteiger partial charge in [-0.3, -0.25) is 0 Å². The van der Waals surface area contributed by atoms with Gasteiger partial charge < -0.3 is 4.74 Å². The summed E-state index contributed by atoms with van der Waals surface area (Å²) < 4.78 is 49.8. The van der Waals surface area contributed by atoms with Gasteiger partial charge in [0.15, 0.2) is 11.6 Å². The monoisotopic (exact) mass is 466 g/mol. The van der Waals surface area contributed by atoms with Crippen molar-refractivity contribution in [1.82, 2.24) is 0 Å². The van der Waals surface area contributed by atoms with Gasteiger partial charge in [0, 0.05) is 11.1 Å². The van der Waals surface area contributed by atoms with Crippen LogP contribution in [0.4, 0.5) is 13.2 Å². The molecule has 1 saturated heterocycles. The fourth-order valence-electron chi connectivity index (χ4n) is 4.86. The Morgan fingerprint density at radius 3 is 2.12 bits per heavy atom. The lowest BCUT2D eigenvalue weighted by Gasteiger charge is -2.29. The van der Waals surface area contributed by atoms with Crippen LogP contribution < -0.4 is 0 Å². The second kappa shape index (κ2) is 11.2. The summed E-state index contributed by atoms with van der Waals surface area (Å²) >= 11 is 0. The Bertz CT molecular complexity index is 1100. The third-order valence-electron chi connectivity index (χ3n) is 7.00. The van der Waals surface area contributed by atoms with Crippen LogP contribution >= 0.6 is 0 Å². The molecule has 1 heterocycles. The lowest BCUT2D eigenvalue weighted by atomic mass is 9.90. The van der Waals surface area contributed by atoms with E-state index in [-0.39, 0.29) is 17.5 Å². The zero-order chi connectivity index (χ0) is 24.1. The van der Waals surface area contributed by atoms with Crippen molar-refractivity contribution in [2.45, 2.75) is 64.9 Å². The van der Waals surface area contributed by atoms with Gasteiger partial charge in [-0.15, -0.1) is 0 Å². The van der Waals surface area contributed by atoms with Crippen LogP contribution in [0, 0.1) is 23.4 Å². The number of benzene rings is 3. The molecule has 1 aliphatic rings. The molecular weight excluding hydrogens is 433 g/mol. The highest BCUT2D eigenvalue weighted by atomic mass is 19.2. The number of aryl methyl sites for hydroxylation is 1. The van der Waals surface area contributed by atoms with Gasteiger partial charge in [0.25, 0.3) is 0 Å². The van der Waals surface area contributed by atoms with Crippen molar-refractivity contribution in [1.29, 1.82) is 0 Å². The molecule has 2 unspecified atom stereocenters. The predicted molar refractivity (Wildman–Crippen MR) is 132 cm³/mol. The van der Waals surface area contributed by atoms with Crippen molar-refractivity contribution >= 4 is 0 Å². The quantitative estimate of drug-likeness (QED) is 0.301. The summed E-state index contributed by atoms with van der Waals surface area (Å²) in [7, 11) is 0. The molecule has 1 aliphatic heterocycles. The van der Waals surface area contributed by atoms with E-state index in [1.54, 1.807) is 55.5 Å². The molecule has 1 nitrogen and oxygen atoms in total. The van der Waals surface area contributed by atoms with Crippen molar-refractivity contribution < 1.29 is 17.9 Å². The molecule has 4 heteroatoms. The summed E-state index contributed by atoms with van der Waals surface area (Å²) in [5.41, 5.74) is 3.17. The van der Waals surface area contributed by atoms with Crippen molar-refractivity contribution in [2.24, 2.45) is 5.92 Å². The number of unbranched alkanes of at least 4 members (excludes halogenated alkanes) is 2. The highest BCUT2D eigenvalue weighted by molar-refractivity contribution is 5.71. The number of rotatable bonds is 8. The van der Waals surface area contributed by atoms with Gasteiger partial charge in [-0.2, -0.15) is 0 Å². The van der Waals surface area contributed by atoms with E-state index in [0.717, 1.165) is 25.0 Å². The first-order valence-corrected chi connectivity index (χ1v) is 12.5. The first-order valence-electron chi connectivity index (χ1n) is 12.5. The molecule has 0 saturated carbocycles. The van der Waals surface area contributed by atoms with E-state index in [4.69, 9.17) is 4.74 Å². The van der Waals surface area contributed by atoms with E-state index in [2.05, 4.69) is 6.92 Å². The maximum Gasteiger partial charge on any atom is 0.166 e. The van der Waals surface area contributed by atoms with Crippen molar-refractivity contribution in [3.63, 3.8) is 0 Å². The van der Waals surface area contributed by atoms with Gasteiger partial charge in [-0.25, -0.2) is 13.2 Å². The zero-order valence-corrected chi connectivity index (χ0v) is 20.0. The van der Waals surface area contributed by atoms with E-state index >= 15 is 4.39 Å². The van der Waals surface area contributed by atoms with Crippen LogP contribution in [0.15, 0.2) is 54.6 Å². The van der Waals surface area contributed by atoms with E-state index in [0.29, 0.717) is 34.6 Å². The summed E-state index contributed by atoms with van der Waals surface area (Å²) in [4.78, 5) is 0. The molecule has 1 fully saturated rings. The van der Waals surface area contributed by atoms with Crippen LogP contribution in [0.2, 0.25) is 0 Å². The van der Waals surface area contributed by atoms with Gasteiger partial charge in [0.1, 0.15) is 5.82 Å². The van der Waals surface area contributed by atoms with Crippen LogP contribution in [0.1, 0.15) is 69.6 Å². The molecule has 0 N–H and O–H groups in total. The topological polar surface area (TPSA) is 9.23 Å². The van der Waals surface area contributed by atoms with Crippen molar-refractivity contribution in [3.8, 4) is 22.3 Å². The van der Waals surface area contributed by atoms with Crippen LogP contribution in [0.25, 0.3) is 22.3 Å². The summed E-state index contributed by atoms with van der Waals surface area (Å²) in [6.07, 6.45) is 7.38. The first kappa shape index (κ1) is 24.5. The van der Waals surface area contributed by atoms with Gasteiger partial charge in [0.05, 0.1) is 12.7 Å². The van der Waals surface area contributed by atoms with Crippen LogP contribution in [0.5, 0.6) is 0 Å². The Morgan fingerprint density at radius 1 is 0.794 bits per heavy atom. The van der Waals surface area contributed by atoms with Crippen molar-refractivity contribution in [3.05, 3.63) is 83.2 Å². The average molecular weight is 467 g/mol. The molecule has 0 bridgehead atoms. The third-order valence-corrected chi connectivity index (χ3v) is 7.00. The lowest BCUT2D eigenvalue weighted by Crippen LogP contribution is -2.20. The molecular formula is C30H33F3O. The SMILES string of the molecule is CCCCCC1CCC(c2ccc(-c3ccc(-c4ccc(CC)c(F)c4F)cc3)c(F)c2)OC1. The Kier molecular flexibility index (Phi) is 8.10. The molecule has 2 atom stereocenters. The van der Waals surface area contributed by atoms with Crippen LogP contribution in [-0.4, -0.2) is 6.61 Å². The van der Waals surface area contributed by atoms with Gasteiger partial charge in [0.2, 0.25) is 0 Å². The smallest absolute Gasteiger partial charge is 0.166 e. The lowest BCUT2D eigenvalue weighted by molar-refractivity contribution is -0.0200. The largest absolute Gasteiger partial charge is 0.373 e. The Balaban J connectivity index is 1.45. The Labute approximate surface area is 201 Å². The fourth-order valence-corrected chi connectivity index (χ4v) is 4.86. The average Bonchev–Trinajstić information content (AvgIpc) is 2.86. The molecule has 180 valence electrons. The first-order chi connectivity index (χ1) is 16.5. The van der Waals surface area contributed by atoms with Crippen LogP contribution in [-0.2, 0) is 11.2 Å². The second-order valence-electron chi connectivity index (χ2n) is 9.33. The van der Waals surface area contributed by atoms with E-state index in [1.807, 2.05) is 6.07 Å². The van der Waals surface area contributed by atoms with Gasteiger partial charge in [-0.05, 0) is 59.9 Å². The van der Waals surface area contributed by atoms with E-state index < -0.39 is 11.6 Å². The normalized spacial score (nSPS) is 18.3. The zero-order valence-electron chi connectivity index (χ0n) is 20.0. The number of hydrogen-bond acceptors (Lipinski definition) is 1. The molecule has 0 aromatic heterocycles. The maximum atomic E-state index is 15.0. The third kappa shape index (κ3) is 5.38. The summed E-state index contributed by atoms with van der Waals surface area (Å²) in [6.45, 7) is 4.75. The Hall–Kier alpha value is -2.59. The molecule has 4 rings (SSSR count). The number of halogens is 3. The summed E-state index contributed by atoms with van der Waals surface area (Å²) in [5.74, 6) is -1.34. The summed E-state index contributed by atoms with van der Waals surface area (Å²) in [5, 5.41) is 0. The van der Waals surface area contributed by atoms with E-state index in [9.17, 15) is 8.78 Å². The number of hydrogen-bond donors (Lipinski definition) is 0. The van der Waals surface area contributed by atoms with Gasteiger partial charge in [-0.1, -0.05) is 81.6 Å². The van der Waals surface area contributed by atoms with Gasteiger partial charge >= 0.3 is 0 Å². The van der Waals surface area contributed by atoms with E-state index in [1.165, 1.54) is 25.7 Å². The van der Waals surface area contributed by atoms with Crippen molar-refractivity contribution in [2.75, 3.05) is 6.61 Å². The highest BCUT2D eigenvalue weighted by Gasteiger charge is 2.23. The molecule has 0 spiro atoms. The highest BCUT2D eigenvalue weighted by Crippen LogP contribution is 2.35. The molecule has 3 aromatic carbocycles. The standard InChI is InChI=1S/C30H33F3O/c1-3-5-6-7-20-8-17-28(34-19-20)24-14-15-25(27(31)18-24)22-9-11-23(12-10-22)26-16-13-21(4-2)29(32)30(26)33/h9-16,18,20,28H,3-8,17,19H2,1-2H3. The number of ether oxygens (including phenoxy) is 1. The molecule has 3 aromatic rings. The maximum absolute atomic E-state index is 15.0. The summed E-state index contributed by atoms with van der Waals surface area (Å²) in [6, 6.07) is 15.4.